The number of halogens is 1. The average molecular weight is 403 g/mol. The Morgan fingerprint density at radius 3 is 2.90 bits per heavy atom. The minimum atomic E-state index is -0.250. The number of phenolic OH excluding ortho intramolecular Hbond substituents is 1. The molecule has 0 radical (unpaired) electrons. The van der Waals surface area contributed by atoms with E-state index in [-0.39, 0.29) is 23.5 Å². The van der Waals surface area contributed by atoms with E-state index in [0.717, 1.165) is 12.8 Å². The molecule has 1 saturated heterocycles. The Bertz CT molecular complexity index is 546. The van der Waals surface area contributed by atoms with Gasteiger partial charge < -0.3 is 14.7 Å². The van der Waals surface area contributed by atoms with Gasteiger partial charge in [0.1, 0.15) is 5.75 Å². The molecule has 0 aliphatic carbocycles. The lowest BCUT2D eigenvalue weighted by Crippen LogP contribution is -2.42. The van der Waals surface area contributed by atoms with Crippen molar-refractivity contribution in [2.75, 3.05) is 19.7 Å². The summed E-state index contributed by atoms with van der Waals surface area (Å²) in [7, 11) is 0. The van der Waals surface area contributed by atoms with Gasteiger partial charge in [-0.05, 0) is 60.6 Å². The predicted octanol–water partition coefficient (Wildman–Crippen LogP) is 2.41. The maximum absolute atomic E-state index is 12.4. The van der Waals surface area contributed by atoms with Gasteiger partial charge in [0.2, 0.25) is 0 Å². The molecule has 1 aliphatic heterocycles. The second-order valence-corrected chi connectivity index (χ2v) is 6.17. The lowest BCUT2D eigenvalue weighted by atomic mass is 9.97. The third kappa shape index (κ3) is 3.87. The third-order valence-electron chi connectivity index (χ3n) is 3.52. The average Bonchev–Trinajstić information content (AvgIpc) is 2.49. The first-order chi connectivity index (χ1) is 10.0. The van der Waals surface area contributed by atoms with E-state index >= 15 is 0 Å². The number of ether oxygens (including phenoxy) is 1. The van der Waals surface area contributed by atoms with Crippen molar-refractivity contribution >= 4 is 34.5 Å². The highest BCUT2D eigenvalue weighted by Crippen LogP contribution is 2.24. The molecule has 1 amide bonds. The summed E-state index contributed by atoms with van der Waals surface area (Å²) in [6.07, 6.45) is 1.53. The van der Waals surface area contributed by atoms with Crippen LogP contribution in [0.2, 0.25) is 0 Å². The van der Waals surface area contributed by atoms with Crippen molar-refractivity contribution in [3.05, 3.63) is 27.3 Å². The zero-order chi connectivity index (χ0) is 15.4. The van der Waals surface area contributed by atoms with Crippen molar-refractivity contribution in [2.45, 2.75) is 19.8 Å². The molecule has 6 heteroatoms. The summed E-state index contributed by atoms with van der Waals surface area (Å²) in [5, 5.41) is 9.71. The van der Waals surface area contributed by atoms with Gasteiger partial charge in [-0.15, -0.1) is 0 Å². The number of likely N-dealkylation sites (tertiary alicyclic amines) is 1. The largest absolute Gasteiger partial charge is 0.507 e. The van der Waals surface area contributed by atoms with Gasteiger partial charge >= 0.3 is 5.97 Å². The first-order valence-electron chi connectivity index (χ1n) is 6.97. The summed E-state index contributed by atoms with van der Waals surface area (Å²) in [6.45, 7) is 3.14. The molecular formula is C15H18INO4. The Labute approximate surface area is 137 Å². The van der Waals surface area contributed by atoms with Crippen LogP contribution in [0.3, 0.4) is 0 Å². The van der Waals surface area contributed by atoms with Gasteiger partial charge in [0, 0.05) is 18.7 Å². The normalized spacial score (nSPS) is 18.4. The molecule has 2 rings (SSSR count). The highest BCUT2D eigenvalue weighted by molar-refractivity contribution is 14.1. The van der Waals surface area contributed by atoms with Crippen LogP contribution in [0.25, 0.3) is 0 Å². The number of piperidine rings is 1. The van der Waals surface area contributed by atoms with E-state index in [1.807, 2.05) is 22.6 Å². The molecule has 0 unspecified atom stereocenters. The maximum Gasteiger partial charge on any atom is 0.310 e. The van der Waals surface area contributed by atoms with Crippen LogP contribution < -0.4 is 0 Å². The Morgan fingerprint density at radius 1 is 1.48 bits per heavy atom. The van der Waals surface area contributed by atoms with Gasteiger partial charge in [0.25, 0.3) is 5.91 Å². The fourth-order valence-corrected chi connectivity index (χ4v) is 2.78. The molecule has 1 aromatic rings. The molecule has 1 fully saturated rings. The standard InChI is InChI=1S/C15H18INO4/c1-2-21-15(20)11-4-3-7-17(9-11)14(19)10-5-6-12(16)13(18)8-10/h5-6,8,11,18H,2-4,7,9H2,1H3/t11-/m1/s1. The number of benzene rings is 1. The van der Waals surface area contributed by atoms with E-state index < -0.39 is 0 Å². The number of nitrogens with zero attached hydrogens (tertiary/aromatic N) is 1. The fraction of sp³-hybridized carbons (Fsp3) is 0.467. The van der Waals surface area contributed by atoms with Crippen molar-refractivity contribution in [1.29, 1.82) is 0 Å². The molecule has 1 aromatic carbocycles. The summed E-state index contributed by atoms with van der Waals surface area (Å²) in [6, 6.07) is 4.87. The van der Waals surface area contributed by atoms with E-state index in [9.17, 15) is 14.7 Å². The highest BCUT2D eigenvalue weighted by atomic mass is 127. The first-order valence-corrected chi connectivity index (χ1v) is 8.05. The smallest absolute Gasteiger partial charge is 0.310 e. The monoisotopic (exact) mass is 403 g/mol. The highest BCUT2D eigenvalue weighted by Gasteiger charge is 2.29. The van der Waals surface area contributed by atoms with Crippen molar-refractivity contribution in [1.82, 2.24) is 4.90 Å². The zero-order valence-corrected chi connectivity index (χ0v) is 14.0. The Kier molecular flexibility index (Phi) is 5.44. The SMILES string of the molecule is CCOC(=O)[C@@H]1CCCN(C(=O)c2ccc(I)c(O)c2)C1. The van der Waals surface area contributed by atoms with Crippen LogP contribution in [0.1, 0.15) is 30.1 Å². The molecule has 1 N–H and O–H groups in total. The summed E-state index contributed by atoms with van der Waals surface area (Å²) in [4.78, 5) is 25.9. The molecule has 1 heterocycles. The fourth-order valence-electron chi connectivity index (χ4n) is 2.44. The summed E-state index contributed by atoms with van der Waals surface area (Å²) in [5.41, 5.74) is 0.442. The Balaban J connectivity index is 2.08. The van der Waals surface area contributed by atoms with Crippen LogP contribution in [0.5, 0.6) is 5.75 Å². The number of amides is 1. The number of esters is 1. The van der Waals surface area contributed by atoms with Gasteiger partial charge in [-0.1, -0.05) is 0 Å². The summed E-state index contributed by atoms with van der Waals surface area (Å²) < 4.78 is 5.73. The van der Waals surface area contributed by atoms with Crippen molar-refractivity contribution < 1.29 is 19.4 Å². The predicted molar refractivity (Wildman–Crippen MR) is 86.1 cm³/mol. The summed E-state index contributed by atoms with van der Waals surface area (Å²) >= 11 is 2.00. The van der Waals surface area contributed by atoms with Crippen LogP contribution >= 0.6 is 22.6 Å². The van der Waals surface area contributed by atoms with Crippen molar-refractivity contribution in [3.8, 4) is 5.75 Å². The van der Waals surface area contributed by atoms with Crippen LogP contribution in [-0.4, -0.2) is 41.6 Å². The topological polar surface area (TPSA) is 66.8 Å². The number of phenols is 1. The molecule has 0 aromatic heterocycles. The van der Waals surface area contributed by atoms with E-state index in [4.69, 9.17) is 4.74 Å². The Morgan fingerprint density at radius 2 is 2.24 bits per heavy atom. The molecule has 114 valence electrons. The number of hydrogen-bond donors (Lipinski definition) is 1. The van der Waals surface area contributed by atoms with E-state index in [1.165, 1.54) is 6.07 Å². The van der Waals surface area contributed by atoms with Crippen LogP contribution in [0, 0.1) is 9.49 Å². The molecule has 0 spiro atoms. The summed E-state index contributed by atoms with van der Waals surface area (Å²) in [5.74, 6) is -0.545. The number of carbonyl (C=O) groups is 2. The van der Waals surface area contributed by atoms with Crippen molar-refractivity contribution in [2.24, 2.45) is 5.92 Å². The van der Waals surface area contributed by atoms with E-state index in [0.29, 0.717) is 28.8 Å². The molecule has 5 nitrogen and oxygen atoms in total. The Hall–Kier alpha value is -1.31. The molecule has 1 aliphatic rings. The van der Waals surface area contributed by atoms with Crippen molar-refractivity contribution in [3.63, 3.8) is 0 Å². The van der Waals surface area contributed by atoms with Gasteiger partial charge in [-0.25, -0.2) is 0 Å². The van der Waals surface area contributed by atoms with E-state index in [2.05, 4.69) is 0 Å². The zero-order valence-electron chi connectivity index (χ0n) is 11.8. The second-order valence-electron chi connectivity index (χ2n) is 5.01. The minimum absolute atomic E-state index is 0.0976. The lowest BCUT2D eigenvalue weighted by Gasteiger charge is -2.31. The van der Waals surface area contributed by atoms with Gasteiger partial charge in [-0.2, -0.15) is 0 Å². The third-order valence-corrected chi connectivity index (χ3v) is 4.43. The van der Waals surface area contributed by atoms with Crippen LogP contribution in [0.4, 0.5) is 0 Å². The van der Waals surface area contributed by atoms with Gasteiger partial charge in [-0.3, -0.25) is 9.59 Å². The molecule has 21 heavy (non-hydrogen) atoms. The number of hydrogen-bond acceptors (Lipinski definition) is 4. The number of carbonyl (C=O) groups excluding carboxylic acids is 2. The quantitative estimate of drug-likeness (QED) is 0.622. The van der Waals surface area contributed by atoms with Crippen LogP contribution in [-0.2, 0) is 9.53 Å². The second kappa shape index (κ2) is 7.11. The van der Waals surface area contributed by atoms with E-state index in [1.54, 1.807) is 24.0 Å². The first kappa shape index (κ1) is 16.1. The molecule has 1 atom stereocenters. The molecule has 0 bridgehead atoms. The van der Waals surface area contributed by atoms with Crippen LogP contribution in [0.15, 0.2) is 18.2 Å². The molecule has 0 saturated carbocycles. The number of aromatic hydroxyl groups is 1. The minimum Gasteiger partial charge on any atom is -0.507 e. The van der Waals surface area contributed by atoms with Gasteiger partial charge in [0.15, 0.2) is 0 Å². The lowest BCUT2D eigenvalue weighted by molar-refractivity contribution is -0.149. The number of rotatable bonds is 3. The maximum atomic E-state index is 12.4. The molecular weight excluding hydrogens is 385 g/mol. The van der Waals surface area contributed by atoms with Gasteiger partial charge in [0.05, 0.1) is 16.1 Å².